The molecule has 0 aromatic carbocycles. The van der Waals surface area contributed by atoms with Gasteiger partial charge in [-0.05, 0) is 103 Å². The second-order valence-electron chi connectivity index (χ2n) is 18.8. The second-order valence-corrected chi connectivity index (χ2v) is 18.8. The zero-order valence-corrected chi connectivity index (χ0v) is 43.3. The lowest BCUT2D eigenvalue weighted by Gasteiger charge is -2.18. The third kappa shape index (κ3) is 52.2. The molecule has 0 bridgehead atoms. The van der Waals surface area contributed by atoms with Crippen LogP contribution in [0.1, 0.15) is 290 Å². The van der Waals surface area contributed by atoms with Crippen LogP contribution in [-0.4, -0.2) is 37.2 Å². The predicted molar refractivity (Wildman–Crippen MR) is 279 cm³/mol. The van der Waals surface area contributed by atoms with E-state index in [4.69, 9.17) is 14.2 Å². The molecule has 6 heteroatoms. The van der Waals surface area contributed by atoms with Gasteiger partial charge in [0.1, 0.15) is 13.2 Å². The fourth-order valence-corrected chi connectivity index (χ4v) is 7.99. The van der Waals surface area contributed by atoms with Crippen LogP contribution in [0.25, 0.3) is 0 Å². The van der Waals surface area contributed by atoms with Gasteiger partial charge in [-0.25, -0.2) is 0 Å². The molecule has 0 fully saturated rings. The minimum absolute atomic E-state index is 0.0804. The zero-order valence-electron chi connectivity index (χ0n) is 43.3. The lowest BCUT2D eigenvalue weighted by atomic mass is 10.1. The van der Waals surface area contributed by atoms with E-state index in [1.54, 1.807) is 0 Å². The second kappa shape index (κ2) is 54.0. The van der Waals surface area contributed by atoms with Crippen molar-refractivity contribution in [3.8, 4) is 0 Å². The Bertz CT molecular complexity index is 1140. The molecule has 0 aliphatic carbocycles. The molecule has 0 saturated heterocycles. The molecule has 0 aromatic heterocycles. The molecule has 0 N–H and O–H groups in total. The van der Waals surface area contributed by atoms with Crippen LogP contribution >= 0.6 is 0 Å². The molecule has 0 saturated carbocycles. The summed E-state index contributed by atoms with van der Waals surface area (Å²) in [6, 6.07) is 0. The van der Waals surface area contributed by atoms with E-state index in [9.17, 15) is 14.4 Å². The van der Waals surface area contributed by atoms with E-state index in [2.05, 4.69) is 69.4 Å². The number of allylic oxidation sites excluding steroid dienone is 8. The number of carbonyl (C=O) groups excluding carboxylic acids is 3. The van der Waals surface area contributed by atoms with Crippen molar-refractivity contribution in [1.29, 1.82) is 0 Å². The van der Waals surface area contributed by atoms with Gasteiger partial charge in [0.2, 0.25) is 0 Å². The van der Waals surface area contributed by atoms with Crippen LogP contribution in [0.15, 0.2) is 48.6 Å². The number of hydrogen-bond donors (Lipinski definition) is 0. The smallest absolute Gasteiger partial charge is 0.306 e. The van der Waals surface area contributed by atoms with Gasteiger partial charge in [0.15, 0.2) is 6.10 Å². The van der Waals surface area contributed by atoms with Crippen LogP contribution in [0.4, 0.5) is 0 Å². The minimum Gasteiger partial charge on any atom is -0.462 e. The summed E-state index contributed by atoms with van der Waals surface area (Å²) in [4.78, 5) is 38.1. The normalized spacial score (nSPS) is 12.4. The largest absolute Gasteiger partial charge is 0.462 e. The molecule has 65 heavy (non-hydrogen) atoms. The van der Waals surface area contributed by atoms with Gasteiger partial charge >= 0.3 is 17.9 Å². The monoisotopic (exact) mass is 911 g/mol. The summed E-state index contributed by atoms with van der Waals surface area (Å²) in [5.74, 6) is -0.892. The van der Waals surface area contributed by atoms with Crippen molar-refractivity contribution in [2.75, 3.05) is 13.2 Å². The molecule has 378 valence electrons. The predicted octanol–water partition coefficient (Wildman–Crippen LogP) is 18.7. The van der Waals surface area contributed by atoms with Crippen molar-refractivity contribution in [3.63, 3.8) is 0 Å². The number of rotatable bonds is 51. The summed E-state index contributed by atoms with van der Waals surface area (Å²) in [6.07, 6.45) is 65.2. The SMILES string of the molecule is CCCCC/C=C\C/C=C\CCCCCCCC(=O)OC[C@H](COC(=O)CCCCCCCCC/C=C\CCCCCC)OC(=O)CCCCCCCCC/C=C\CCCCCCCC. The van der Waals surface area contributed by atoms with E-state index in [0.717, 1.165) is 77.0 Å². The third-order valence-electron chi connectivity index (χ3n) is 12.3. The quantitative estimate of drug-likeness (QED) is 0.0262. The van der Waals surface area contributed by atoms with E-state index in [0.29, 0.717) is 19.3 Å². The first kappa shape index (κ1) is 62.4. The van der Waals surface area contributed by atoms with E-state index in [1.165, 1.54) is 173 Å². The Morgan fingerprint density at radius 3 is 0.908 bits per heavy atom. The van der Waals surface area contributed by atoms with E-state index in [-0.39, 0.29) is 31.1 Å². The van der Waals surface area contributed by atoms with E-state index < -0.39 is 6.10 Å². The minimum atomic E-state index is -0.782. The Labute approximate surface area is 403 Å². The van der Waals surface area contributed by atoms with Crippen LogP contribution in [0, 0.1) is 0 Å². The van der Waals surface area contributed by atoms with Crippen molar-refractivity contribution in [1.82, 2.24) is 0 Å². The van der Waals surface area contributed by atoms with Crippen molar-refractivity contribution in [3.05, 3.63) is 48.6 Å². The molecule has 0 rings (SSSR count). The Kier molecular flexibility index (Phi) is 51.8. The maximum Gasteiger partial charge on any atom is 0.306 e. The van der Waals surface area contributed by atoms with Gasteiger partial charge in [-0.2, -0.15) is 0 Å². The Hall–Kier alpha value is -2.63. The van der Waals surface area contributed by atoms with E-state index in [1.807, 2.05) is 0 Å². The van der Waals surface area contributed by atoms with Crippen LogP contribution in [0.3, 0.4) is 0 Å². The van der Waals surface area contributed by atoms with Crippen molar-refractivity contribution >= 4 is 17.9 Å². The standard InChI is InChI=1S/C59H106O6/c1-4-7-10-13-16-19-22-25-28-29-32-35-38-41-44-47-50-53-59(62)65-56(54-63-57(60)51-48-45-42-39-36-33-30-26-23-20-17-14-11-8-5-2)55-64-58(61)52-49-46-43-40-37-34-31-27-24-21-18-15-12-9-6-3/h17,20-21,24-26,28,30,56H,4-16,18-19,22-23,27,29,31-55H2,1-3H3/b20-17-,24-21-,28-25-,30-26-/t56-/m1/s1. The van der Waals surface area contributed by atoms with Crippen molar-refractivity contribution in [2.24, 2.45) is 0 Å². The Morgan fingerprint density at radius 2 is 0.554 bits per heavy atom. The highest BCUT2D eigenvalue weighted by molar-refractivity contribution is 5.71. The van der Waals surface area contributed by atoms with Gasteiger partial charge in [-0.1, -0.05) is 217 Å². The van der Waals surface area contributed by atoms with Gasteiger partial charge in [0, 0.05) is 19.3 Å². The highest BCUT2D eigenvalue weighted by Crippen LogP contribution is 2.15. The highest BCUT2D eigenvalue weighted by atomic mass is 16.6. The molecule has 0 aliphatic rings. The molecule has 0 unspecified atom stereocenters. The first-order chi connectivity index (χ1) is 32.0. The maximum absolute atomic E-state index is 12.8. The summed E-state index contributed by atoms with van der Waals surface area (Å²) < 4.78 is 16.8. The highest BCUT2D eigenvalue weighted by Gasteiger charge is 2.19. The van der Waals surface area contributed by atoms with E-state index >= 15 is 0 Å². The summed E-state index contributed by atoms with van der Waals surface area (Å²) in [6.45, 7) is 6.60. The molecular weight excluding hydrogens is 805 g/mol. The first-order valence-electron chi connectivity index (χ1n) is 28.1. The van der Waals surface area contributed by atoms with Gasteiger partial charge < -0.3 is 14.2 Å². The Morgan fingerprint density at radius 1 is 0.308 bits per heavy atom. The number of hydrogen-bond acceptors (Lipinski definition) is 6. The number of ether oxygens (including phenoxy) is 3. The molecule has 1 atom stereocenters. The summed E-state index contributed by atoms with van der Waals surface area (Å²) in [7, 11) is 0. The molecule has 0 spiro atoms. The number of unbranched alkanes of at least 4 members (excludes halogenated alkanes) is 32. The Balaban J connectivity index is 4.39. The van der Waals surface area contributed by atoms with Gasteiger partial charge in [-0.3, -0.25) is 14.4 Å². The van der Waals surface area contributed by atoms with Crippen LogP contribution in [0.2, 0.25) is 0 Å². The van der Waals surface area contributed by atoms with Crippen LogP contribution < -0.4 is 0 Å². The third-order valence-corrected chi connectivity index (χ3v) is 12.3. The van der Waals surface area contributed by atoms with Crippen LogP contribution in [0.5, 0.6) is 0 Å². The first-order valence-corrected chi connectivity index (χ1v) is 28.1. The average molecular weight is 911 g/mol. The molecule has 0 heterocycles. The molecule has 6 nitrogen and oxygen atoms in total. The van der Waals surface area contributed by atoms with Crippen molar-refractivity contribution < 1.29 is 28.6 Å². The van der Waals surface area contributed by atoms with Crippen LogP contribution in [-0.2, 0) is 28.6 Å². The van der Waals surface area contributed by atoms with Gasteiger partial charge in [-0.15, -0.1) is 0 Å². The zero-order chi connectivity index (χ0) is 47.2. The molecule has 0 aliphatic heterocycles. The lowest BCUT2D eigenvalue weighted by molar-refractivity contribution is -0.167. The molecular formula is C59H106O6. The molecule has 0 aromatic rings. The fraction of sp³-hybridized carbons (Fsp3) is 0.814. The molecule has 0 amide bonds. The van der Waals surface area contributed by atoms with Gasteiger partial charge in [0.25, 0.3) is 0 Å². The van der Waals surface area contributed by atoms with Crippen molar-refractivity contribution in [2.45, 2.75) is 297 Å². The fourth-order valence-electron chi connectivity index (χ4n) is 7.99. The average Bonchev–Trinajstić information content (AvgIpc) is 3.30. The summed E-state index contributed by atoms with van der Waals surface area (Å²) in [5, 5.41) is 0. The lowest BCUT2D eigenvalue weighted by Crippen LogP contribution is -2.30. The molecule has 0 radical (unpaired) electrons. The number of esters is 3. The summed E-state index contributed by atoms with van der Waals surface area (Å²) in [5.41, 5.74) is 0. The topological polar surface area (TPSA) is 78.9 Å². The van der Waals surface area contributed by atoms with Gasteiger partial charge in [0.05, 0.1) is 0 Å². The number of carbonyl (C=O) groups is 3. The maximum atomic E-state index is 12.8. The summed E-state index contributed by atoms with van der Waals surface area (Å²) >= 11 is 0.